The minimum Gasteiger partial charge on any atom is -0.508 e. The summed E-state index contributed by atoms with van der Waals surface area (Å²) in [6, 6.07) is 7.14. The maximum atomic E-state index is 10.6. The number of hydrogen-bond acceptors (Lipinski definition) is 2. The van der Waals surface area contributed by atoms with Gasteiger partial charge in [0.2, 0.25) is 0 Å². The predicted octanol–water partition coefficient (Wildman–Crippen LogP) is 1.97. The third-order valence-corrected chi connectivity index (χ3v) is 2.86. The first-order chi connectivity index (χ1) is 6.68. The zero-order chi connectivity index (χ0) is 10.1. The van der Waals surface area contributed by atoms with Crippen molar-refractivity contribution in [2.24, 2.45) is 5.92 Å². The number of para-hydroxylation sites is 1. The van der Waals surface area contributed by atoms with Crippen LogP contribution in [0.15, 0.2) is 24.3 Å². The molecular weight excluding hydrogens is 180 g/mol. The van der Waals surface area contributed by atoms with Crippen LogP contribution in [0, 0.1) is 5.92 Å². The number of aliphatic carboxylic acids is 1. The lowest BCUT2D eigenvalue weighted by atomic mass is 9.71. The number of aromatic hydroxyl groups is 1. The lowest BCUT2D eigenvalue weighted by Gasteiger charge is -2.32. The maximum Gasteiger partial charge on any atom is 0.306 e. The molecule has 3 nitrogen and oxygen atoms in total. The van der Waals surface area contributed by atoms with Gasteiger partial charge in [-0.1, -0.05) is 18.2 Å². The SMILES string of the molecule is O=C(O)C1CC(c2ccccc2O)C1. The molecule has 0 radical (unpaired) electrons. The molecule has 1 aliphatic rings. The van der Waals surface area contributed by atoms with Crippen LogP contribution in [-0.2, 0) is 4.79 Å². The predicted molar refractivity (Wildman–Crippen MR) is 51.2 cm³/mol. The van der Waals surface area contributed by atoms with E-state index in [1.54, 1.807) is 12.1 Å². The molecule has 0 unspecified atom stereocenters. The summed E-state index contributed by atoms with van der Waals surface area (Å²) in [6.07, 6.45) is 1.29. The molecule has 2 N–H and O–H groups in total. The first kappa shape index (κ1) is 9.06. The molecule has 1 aromatic carbocycles. The second-order valence-corrected chi connectivity index (χ2v) is 3.76. The molecule has 1 saturated carbocycles. The molecule has 3 heteroatoms. The second kappa shape index (κ2) is 3.33. The van der Waals surface area contributed by atoms with Gasteiger partial charge in [0, 0.05) is 0 Å². The van der Waals surface area contributed by atoms with E-state index in [2.05, 4.69) is 0 Å². The molecule has 0 amide bonds. The fraction of sp³-hybridized carbons (Fsp3) is 0.364. The topological polar surface area (TPSA) is 57.5 Å². The summed E-state index contributed by atoms with van der Waals surface area (Å²) < 4.78 is 0. The van der Waals surface area contributed by atoms with Crippen LogP contribution in [0.3, 0.4) is 0 Å². The Kier molecular flexibility index (Phi) is 2.15. The van der Waals surface area contributed by atoms with Gasteiger partial charge in [-0.2, -0.15) is 0 Å². The third-order valence-electron chi connectivity index (χ3n) is 2.86. The first-order valence-electron chi connectivity index (χ1n) is 4.69. The molecule has 74 valence electrons. The standard InChI is InChI=1S/C11H12O3/c12-10-4-2-1-3-9(10)7-5-8(6-7)11(13)14/h1-4,7-8,12H,5-6H2,(H,13,14). The highest BCUT2D eigenvalue weighted by atomic mass is 16.4. The van der Waals surface area contributed by atoms with E-state index in [4.69, 9.17) is 5.11 Å². The summed E-state index contributed by atoms with van der Waals surface area (Å²) in [4.78, 5) is 10.6. The van der Waals surface area contributed by atoms with Gasteiger partial charge in [0.1, 0.15) is 5.75 Å². The van der Waals surface area contributed by atoms with Crippen molar-refractivity contribution in [3.63, 3.8) is 0 Å². The lowest BCUT2D eigenvalue weighted by Crippen LogP contribution is -2.28. The molecule has 0 spiro atoms. The van der Waals surface area contributed by atoms with Gasteiger partial charge in [0.25, 0.3) is 0 Å². The fourth-order valence-electron chi connectivity index (χ4n) is 1.91. The van der Waals surface area contributed by atoms with Crippen LogP contribution in [0.2, 0.25) is 0 Å². The highest BCUT2D eigenvalue weighted by Crippen LogP contribution is 2.44. The summed E-state index contributed by atoms with van der Waals surface area (Å²) in [5, 5.41) is 18.2. The summed E-state index contributed by atoms with van der Waals surface area (Å²) in [5.74, 6) is -0.449. The van der Waals surface area contributed by atoms with Crippen molar-refractivity contribution < 1.29 is 15.0 Å². The Morgan fingerprint density at radius 3 is 2.50 bits per heavy atom. The molecule has 0 saturated heterocycles. The number of rotatable bonds is 2. The lowest BCUT2D eigenvalue weighted by molar-refractivity contribution is -0.145. The van der Waals surface area contributed by atoms with Crippen molar-refractivity contribution in [2.75, 3.05) is 0 Å². The van der Waals surface area contributed by atoms with E-state index in [0.29, 0.717) is 12.8 Å². The van der Waals surface area contributed by atoms with Gasteiger partial charge in [0.15, 0.2) is 0 Å². The quantitative estimate of drug-likeness (QED) is 0.753. The van der Waals surface area contributed by atoms with Crippen LogP contribution in [0.25, 0.3) is 0 Å². The molecule has 1 fully saturated rings. The van der Waals surface area contributed by atoms with Gasteiger partial charge >= 0.3 is 5.97 Å². The van der Waals surface area contributed by atoms with Crippen molar-refractivity contribution in [1.82, 2.24) is 0 Å². The van der Waals surface area contributed by atoms with Crippen LogP contribution in [0.4, 0.5) is 0 Å². The van der Waals surface area contributed by atoms with Crippen LogP contribution < -0.4 is 0 Å². The van der Waals surface area contributed by atoms with Gasteiger partial charge < -0.3 is 10.2 Å². The Balaban J connectivity index is 2.07. The number of hydrogen-bond donors (Lipinski definition) is 2. The highest BCUT2D eigenvalue weighted by Gasteiger charge is 2.36. The third kappa shape index (κ3) is 1.45. The Bertz CT molecular complexity index is 353. The smallest absolute Gasteiger partial charge is 0.306 e. The number of phenols is 1. The number of carbonyl (C=O) groups is 1. The molecule has 14 heavy (non-hydrogen) atoms. The van der Waals surface area contributed by atoms with Gasteiger partial charge in [-0.3, -0.25) is 4.79 Å². The van der Waals surface area contributed by atoms with Crippen LogP contribution >= 0.6 is 0 Å². The van der Waals surface area contributed by atoms with E-state index in [9.17, 15) is 9.90 Å². The molecule has 0 heterocycles. The Morgan fingerprint density at radius 2 is 1.93 bits per heavy atom. The average molecular weight is 192 g/mol. The van der Waals surface area contributed by atoms with E-state index in [1.807, 2.05) is 12.1 Å². The van der Waals surface area contributed by atoms with Crippen molar-refractivity contribution in [3.8, 4) is 5.75 Å². The normalized spacial score (nSPS) is 25.4. The zero-order valence-corrected chi connectivity index (χ0v) is 7.68. The van der Waals surface area contributed by atoms with E-state index in [-0.39, 0.29) is 17.6 Å². The number of benzene rings is 1. The van der Waals surface area contributed by atoms with Gasteiger partial charge in [-0.05, 0) is 30.4 Å². The summed E-state index contributed by atoms with van der Waals surface area (Å²) in [5.41, 5.74) is 0.880. The molecule has 0 aromatic heterocycles. The molecule has 1 aromatic rings. The maximum absolute atomic E-state index is 10.6. The van der Waals surface area contributed by atoms with Gasteiger partial charge in [0.05, 0.1) is 5.92 Å². The molecule has 1 aliphatic carbocycles. The minimum absolute atomic E-state index is 0.220. The largest absolute Gasteiger partial charge is 0.508 e. The number of carboxylic acids is 1. The Labute approximate surface area is 82.0 Å². The average Bonchev–Trinajstić information content (AvgIpc) is 2.05. The van der Waals surface area contributed by atoms with E-state index < -0.39 is 5.97 Å². The monoisotopic (exact) mass is 192 g/mol. The first-order valence-corrected chi connectivity index (χ1v) is 4.69. The van der Waals surface area contributed by atoms with Crippen molar-refractivity contribution in [3.05, 3.63) is 29.8 Å². The van der Waals surface area contributed by atoms with Crippen LogP contribution in [-0.4, -0.2) is 16.2 Å². The van der Waals surface area contributed by atoms with Gasteiger partial charge in [-0.25, -0.2) is 0 Å². The fourth-order valence-corrected chi connectivity index (χ4v) is 1.91. The molecule has 0 aliphatic heterocycles. The molecule has 2 rings (SSSR count). The summed E-state index contributed by atoms with van der Waals surface area (Å²) in [7, 11) is 0. The molecular formula is C11H12O3. The van der Waals surface area contributed by atoms with Crippen molar-refractivity contribution in [1.29, 1.82) is 0 Å². The zero-order valence-electron chi connectivity index (χ0n) is 7.68. The summed E-state index contributed by atoms with van der Waals surface area (Å²) >= 11 is 0. The van der Waals surface area contributed by atoms with Crippen LogP contribution in [0.5, 0.6) is 5.75 Å². The van der Waals surface area contributed by atoms with Gasteiger partial charge in [-0.15, -0.1) is 0 Å². The van der Waals surface area contributed by atoms with Crippen molar-refractivity contribution >= 4 is 5.97 Å². The Hall–Kier alpha value is -1.51. The second-order valence-electron chi connectivity index (χ2n) is 3.76. The van der Waals surface area contributed by atoms with E-state index >= 15 is 0 Å². The van der Waals surface area contributed by atoms with Crippen molar-refractivity contribution in [2.45, 2.75) is 18.8 Å². The number of carboxylic acid groups (broad SMARTS) is 1. The number of phenolic OH excluding ortho intramolecular Hbond substituents is 1. The minimum atomic E-state index is -0.725. The Morgan fingerprint density at radius 1 is 1.29 bits per heavy atom. The molecule has 0 bridgehead atoms. The van der Waals surface area contributed by atoms with E-state index in [1.165, 1.54) is 0 Å². The summed E-state index contributed by atoms with van der Waals surface area (Å²) in [6.45, 7) is 0. The highest BCUT2D eigenvalue weighted by molar-refractivity contribution is 5.71. The molecule has 0 atom stereocenters. The van der Waals surface area contributed by atoms with Crippen LogP contribution in [0.1, 0.15) is 24.3 Å². The van der Waals surface area contributed by atoms with E-state index in [0.717, 1.165) is 5.56 Å².